The Balaban J connectivity index is 2.34. The fraction of sp³-hybridized carbons (Fsp3) is 0. The summed E-state index contributed by atoms with van der Waals surface area (Å²) in [4.78, 5) is 12.1. The molecule has 0 aromatic heterocycles. The van der Waals surface area contributed by atoms with Crippen LogP contribution in [0, 0.1) is 0 Å². The van der Waals surface area contributed by atoms with Gasteiger partial charge in [0.1, 0.15) is 11.5 Å². The normalized spacial score (nSPS) is 11.3. The Morgan fingerprint density at radius 1 is 1.05 bits per heavy atom. The molecule has 0 aliphatic heterocycles. The maximum absolute atomic E-state index is 12.1. The van der Waals surface area contributed by atoms with Gasteiger partial charge in [-0.15, -0.1) is 0 Å². The first-order valence-electron chi connectivity index (χ1n) is 5.57. The molecule has 0 aliphatic rings. The van der Waals surface area contributed by atoms with Crippen molar-refractivity contribution in [3.8, 4) is 11.5 Å². The van der Waals surface area contributed by atoms with Gasteiger partial charge in [-0.05, 0) is 45.8 Å². The average Bonchev–Trinajstić information content (AvgIpc) is 2.42. The lowest BCUT2D eigenvalue weighted by molar-refractivity contribution is 0.104. The molecule has 0 atom stereocenters. The van der Waals surface area contributed by atoms with E-state index < -0.39 is 5.78 Å². The fourth-order valence-electron chi connectivity index (χ4n) is 1.60. The first kappa shape index (κ1) is 13.4. The van der Waals surface area contributed by atoms with Crippen molar-refractivity contribution in [2.24, 2.45) is 0 Å². The molecular weight excluding hydrogens is 308 g/mol. The molecule has 2 N–H and O–H groups in total. The van der Waals surface area contributed by atoms with Crippen molar-refractivity contribution >= 4 is 27.8 Å². The first-order valence-corrected chi connectivity index (χ1v) is 6.36. The maximum atomic E-state index is 12.1. The number of phenolic OH excluding ortho intramolecular Hbond substituents is 2. The summed E-state index contributed by atoms with van der Waals surface area (Å²) >= 11 is 3.19. The minimum absolute atomic E-state index is 0.0547. The summed E-state index contributed by atoms with van der Waals surface area (Å²) in [5.41, 5.74) is 0.918. The predicted molar refractivity (Wildman–Crippen MR) is 77.4 cm³/mol. The second-order valence-corrected chi connectivity index (χ2v) is 4.79. The minimum Gasteiger partial charge on any atom is -0.508 e. The summed E-state index contributed by atoms with van der Waals surface area (Å²) in [5, 5.41) is 19.0. The van der Waals surface area contributed by atoms with Gasteiger partial charge in [-0.3, -0.25) is 4.79 Å². The van der Waals surface area contributed by atoms with E-state index in [1.54, 1.807) is 6.08 Å². The van der Waals surface area contributed by atoms with E-state index in [2.05, 4.69) is 15.9 Å². The number of hydrogen-bond donors (Lipinski definition) is 2. The van der Waals surface area contributed by atoms with Crippen LogP contribution in [0.15, 0.2) is 53.0 Å². The molecule has 0 unspecified atom stereocenters. The molecule has 0 fully saturated rings. The molecule has 0 bridgehead atoms. The molecule has 0 saturated carbocycles. The molecule has 0 amide bonds. The number of allylic oxidation sites excluding steroid dienone is 1. The maximum Gasteiger partial charge on any atom is 0.203 e. The molecule has 3 nitrogen and oxygen atoms in total. The molecule has 2 aromatic rings. The van der Waals surface area contributed by atoms with Crippen LogP contribution in [0.5, 0.6) is 11.5 Å². The Hall–Kier alpha value is -2.07. The van der Waals surface area contributed by atoms with Gasteiger partial charge in [0, 0.05) is 0 Å². The molecular formula is C15H11BrO3. The van der Waals surface area contributed by atoms with E-state index in [0.717, 1.165) is 5.56 Å². The summed E-state index contributed by atoms with van der Waals surface area (Å²) in [6, 6.07) is 13.2. The third kappa shape index (κ3) is 3.23. The Morgan fingerprint density at radius 3 is 2.42 bits per heavy atom. The molecule has 4 heteroatoms. The Labute approximate surface area is 119 Å². The van der Waals surface area contributed by atoms with Crippen LogP contribution in [0.2, 0.25) is 0 Å². The van der Waals surface area contributed by atoms with Crippen LogP contribution in [-0.2, 0) is 0 Å². The molecule has 2 aromatic carbocycles. The molecule has 0 spiro atoms. The Kier molecular flexibility index (Phi) is 4.02. The van der Waals surface area contributed by atoms with Crippen LogP contribution in [0.3, 0.4) is 0 Å². The second-order valence-electron chi connectivity index (χ2n) is 3.93. The highest BCUT2D eigenvalue weighted by Gasteiger charge is 2.15. The number of halogens is 1. The van der Waals surface area contributed by atoms with Gasteiger partial charge in [-0.2, -0.15) is 0 Å². The Bertz CT molecular complexity index is 633. The summed E-state index contributed by atoms with van der Waals surface area (Å²) < 4.78 is 0.305. The number of carbonyl (C=O) groups excluding carboxylic acids is 1. The zero-order valence-corrected chi connectivity index (χ0v) is 11.5. The highest BCUT2D eigenvalue weighted by molar-refractivity contribution is 9.12. The van der Waals surface area contributed by atoms with Gasteiger partial charge in [0.05, 0.1) is 10.0 Å². The lowest BCUT2D eigenvalue weighted by atomic mass is 10.1. The van der Waals surface area contributed by atoms with E-state index in [-0.39, 0.29) is 17.1 Å². The van der Waals surface area contributed by atoms with Crippen LogP contribution in [0.4, 0.5) is 0 Å². The summed E-state index contributed by atoms with van der Waals surface area (Å²) in [7, 11) is 0. The monoisotopic (exact) mass is 318 g/mol. The number of Topliss-reactive ketones (excluding diaryl/α,β-unsaturated/α-hetero) is 1. The number of phenols is 2. The lowest BCUT2D eigenvalue weighted by Gasteiger charge is -2.04. The van der Waals surface area contributed by atoms with Crippen molar-refractivity contribution in [3.63, 3.8) is 0 Å². The van der Waals surface area contributed by atoms with Gasteiger partial charge in [-0.25, -0.2) is 0 Å². The molecule has 0 saturated heterocycles. The zero-order valence-electron chi connectivity index (χ0n) is 9.88. The SMILES string of the molecule is O=C(C(Br)=Cc1ccccc1)c1cc(O)ccc1O. The van der Waals surface area contributed by atoms with Crippen molar-refractivity contribution in [2.75, 3.05) is 0 Å². The lowest BCUT2D eigenvalue weighted by Crippen LogP contribution is -1.99. The van der Waals surface area contributed by atoms with Gasteiger partial charge in [0.2, 0.25) is 5.78 Å². The van der Waals surface area contributed by atoms with Crippen molar-refractivity contribution in [1.29, 1.82) is 0 Å². The Morgan fingerprint density at radius 2 is 1.74 bits per heavy atom. The van der Waals surface area contributed by atoms with Crippen LogP contribution >= 0.6 is 15.9 Å². The highest BCUT2D eigenvalue weighted by atomic mass is 79.9. The van der Waals surface area contributed by atoms with E-state index in [1.807, 2.05) is 30.3 Å². The van der Waals surface area contributed by atoms with Crippen molar-refractivity contribution in [2.45, 2.75) is 0 Å². The van der Waals surface area contributed by atoms with Crippen molar-refractivity contribution in [1.82, 2.24) is 0 Å². The van der Waals surface area contributed by atoms with Crippen LogP contribution in [-0.4, -0.2) is 16.0 Å². The van der Waals surface area contributed by atoms with Gasteiger partial charge in [0.25, 0.3) is 0 Å². The number of ketones is 1. The molecule has 96 valence electrons. The van der Waals surface area contributed by atoms with E-state index in [0.29, 0.717) is 4.48 Å². The van der Waals surface area contributed by atoms with E-state index in [9.17, 15) is 15.0 Å². The fourth-order valence-corrected chi connectivity index (χ4v) is 2.07. The number of rotatable bonds is 3. The van der Waals surface area contributed by atoms with Gasteiger partial charge >= 0.3 is 0 Å². The van der Waals surface area contributed by atoms with Crippen LogP contribution in [0.1, 0.15) is 15.9 Å². The molecule has 19 heavy (non-hydrogen) atoms. The minimum atomic E-state index is -0.391. The number of aromatic hydroxyl groups is 2. The van der Waals surface area contributed by atoms with Crippen molar-refractivity contribution in [3.05, 3.63) is 64.1 Å². The van der Waals surface area contributed by atoms with Gasteiger partial charge in [0.15, 0.2) is 0 Å². The van der Waals surface area contributed by atoms with Gasteiger partial charge < -0.3 is 10.2 Å². The van der Waals surface area contributed by atoms with Crippen LogP contribution in [0.25, 0.3) is 6.08 Å². The number of benzene rings is 2. The van der Waals surface area contributed by atoms with E-state index >= 15 is 0 Å². The largest absolute Gasteiger partial charge is 0.508 e. The predicted octanol–water partition coefficient (Wildman–Crippen LogP) is 3.72. The molecule has 2 rings (SSSR count). The third-order valence-electron chi connectivity index (χ3n) is 2.53. The van der Waals surface area contributed by atoms with E-state index in [4.69, 9.17) is 0 Å². The quantitative estimate of drug-likeness (QED) is 0.515. The summed E-state index contributed by atoms with van der Waals surface area (Å²) in [6.45, 7) is 0. The second kappa shape index (κ2) is 5.71. The van der Waals surface area contributed by atoms with E-state index in [1.165, 1.54) is 18.2 Å². The summed E-state index contributed by atoms with van der Waals surface area (Å²) in [6.07, 6.45) is 1.66. The summed E-state index contributed by atoms with van der Waals surface area (Å²) in [5.74, 6) is -0.625. The smallest absolute Gasteiger partial charge is 0.203 e. The zero-order chi connectivity index (χ0) is 13.8. The first-order chi connectivity index (χ1) is 9.08. The van der Waals surface area contributed by atoms with Crippen LogP contribution < -0.4 is 0 Å². The number of carbonyl (C=O) groups is 1. The van der Waals surface area contributed by atoms with Gasteiger partial charge in [-0.1, -0.05) is 30.3 Å². The molecule has 0 radical (unpaired) electrons. The number of hydrogen-bond acceptors (Lipinski definition) is 3. The topological polar surface area (TPSA) is 57.5 Å². The third-order valence-corrected chi connectivity index (χ3v) is 3.12. The molecule has 0 heterocycles. The standard InChI is InChI=1S/C15H11BrO3/c16-13(8-10-4-2-1-3-5-10)15(19)12-9-11(17)6-7-14(12)18/h1-9,17-18H. The molecule has 0 aliphatic carbocycles. The van der Waals surface area contributed by atoms with Crippen molar-refractivity contribution < 1.29 is 15.0 Å². The highest BCUT2D eigenvalue weighted by Crippen LogP contribution is 2.27. The average molecular weight is 319 g/mol.